The summed E-state index contributed by atoms with van der Waals surface area (Å²) in [5.74, 6) is -0.672. The molecule has 16 heavy (non-hydrogen) atoms. The fourth-order valence-corrected chi connectivity index (χ4v) is 1.93. The van der Waals surface area contributed by atoms with Gasteiger partial charge in [0.25, 0.3) is 0 Å². The fourth-order valence-electron chi connectivity index (χ4n) is 1.29. The molecule has 0 aliphatic carbocycles. The molecule has 1 rings (SSSR count). The van der Waals surface area contributed by atoms with Gasteiger partial charge in [-0.15, -0.1) is 0 Å². The first kappa shape index (κ1) is 12.7. The van der Waals surface area contributed by atoms with E-state index in [-0.39, 0.29) is 10.5 Å². The van der Waals surface area contributed by atoms with Crippen molar-refractivity contribution in [2.45, 2.75) is 24.2 Å². The summed E-state index contributed by atoms with van der Waals surface area (Å²) in [4.78, 5) is -0.0810. The molecule has 0 aromatic heterocycles. The normalized spacial score (nSPS) is 12.2. The molecule has 0 aliphatic rings. The monoisotopic (exact) mass is 241 g/mol. The molecular formula is C11H12FNO2S. The molecular weight excluding hydrogens is 229 g/mol. The van der Waals surface area contributed by atoms with Gasteiger partial charge in [0.05, 0.1) is 16.4 Å². The Balaban J connectivity index is 3.38. The average Bonchev–Trinajstić information content (AvgIpc) is 2.16. The van der Waals surface area contributed by atoms with Crippen molar-refractivity contribution in [1.82, 2.24) is 0 Å². The van der Waals surface area contributed by atoms with Gasteiger partial charge in [0.15, 0.2) is 9.84 Å². The molecule has 0 aliphatic heterocycles. The van der Waals surface area contributed by atoms with Crippen molar-refractivity contribution in [3.63, 3.8) is 0 Å². The number of rotatable bonds is 2. The SMILES string of the molecule is CC(C)(C#N)c1ccc(S(C)(=O)=O)cc1F. The van der Waals surface area contributed by atoms with E-state index in [1.807, 2.05) is 6.07 Å². The van der Waals surface area contributed by atoms with E-state index in [1.54, 1.807) is 13.8 Å². The summed E-state index contributed by atoms with van der Waals surface area (Å²) in [5, 5.41) is 8.87. The number of hydrogen-bond acceptors (Lipinski definition) is 3. The Morgan fingerprint density at radius 1 is 1.38 bits per heavy atom. The maximum absolute atomic E-state index is 13.6. The number of benzene rings is 1. The minimum absolute atomic E-state index is 0.0810. The first-order valence-electron chi connectivity index (χ1n) is 4.60. The third-order valence-electron chi connectivity index (χ3n) is 2.32. The van der Waals surface area contributed by atoms with Crippen molar-refractivity contribution in [2.75, 3.05) is 6.26 Å². The number of nitrogens with zero attached hydrogens (tertiary/aromatic N) is 1. The Labute approximate surface area is 94.4 Å². The van der Waals surface area contributed by atoms with Crippen LogP contribution in [0.15, 0.2) is 23.1 Å². The average molecular weight is 241 g/mol. The van der Waals surface area contributed by atoms with E-state index in [4.69, 9.17) is 5.26 Å². The third-order valence-corrected chi connectivity index (χ3v) is 3.43. The zero-order valence-corrected chi connectivity index (χ0v) is 10.1. The summed E-state index contributed by atoms with van der Waals surface area (Å²) in [7, 11) is -3.42. The summed E-state index contributed by atoms with van der Waals surface area (Å²) < 4.78 is 36.0. The number of halogens is 1. The van der Waals surface area contributed by atoms with Crippen LogP contribution < -0.4 is 0 Å². The van der Waals surface area contributed by atoms with E-state index >= 15 is 0 Å². The molecule has 0 atom stereocenters. The molecule has 3 nitrogen and oxygen atoms in total. The Hall–Kier alpha value is -1.41. The predicted molar refractivity (Wildman–Crippen MR) is 58.1 cm³/mol. The van der Waals surface area contributed by atoms with E-state index in [0.717, 1.165) is 12.3 Å². The van der Waals surface area contributed by atoms with Gasteiger partial charge in [-0.3, -0.25) is 0 Å². The third kappa shape index (κ3) is 2.39. The minimum atomic E-state index is -3.42. The number of hydrogen-bond donors (Lipinski definition) is 0. The fraction of sp³-hybridized carbons (Fsp3) is 0.364. The van der Waals surface area contributed by atoms with Crippen LogP contribution in [0.5, 0.6) is 0 Å². The van der Waals surface area contributed by atoms with Crippen LogP contribution in [0.4, 0.5) is 4.39 Å². The predicted octanol–water partition coefficient (Wildman–Crippen LogP) is 2.03. The van der Waals surface area contributed by atoms with Crippen LogP contribution in [0.2, 0.25) is 0 Å². The van der Waals surface area contributed by atoms with Crippen molar-refractivity contribution >= 4 is 9.84 Å². The van der Waals surface area contributed by atoms with Crippen LogP contribution in [0.1, 0.15) is 19.4 Å². The highest BCUT2D eigenvalue weighted by Gasteiger charge is 2.24. The molecule has 0 spiro atoms. The summed E-state index contributed by atoms with van der Waals surface area (Å²) in [6.07, 6.45) is 1.01. The standard InChI is InChI=1S/C11H12FNO2S/c1-11(2,7-13)9-5-4-8(6-10(9)12)16(3,14)15/h4-6H,1-3H3. The lowest BCUT2D eigenvalue weighted by atomic mass is 9.86. The van der Waals surface area contributed by atoms with Crippen LogP contribution in [0, 0.1) is 17.1 Å². The highest BCUT2D eigenvalue weighted by molar-refractivity contribution is 7.90. The van der Waals surface area contributed by atoms with Crippen LogP contribution in [-0.4, -0.2) is 14.7 Å². The second-order valence-corrected chi connectivity index (χ2v) is 6.17. The first-order valence-corrected chi connectivity index (χ1v) is 6.49. The molecule has 0 bridgehead atoms. The van der Waals surface area contributed by atoms with Crippen LogP contribution in [-0.2, 0) is 15.3 Å². The molecule has 0 amide bonds. The van der Waals surface area contributed by atoms with Gasteiger partial charge in [-0.1, -0.05) is 6.07 Å². The Morgan fingerprint density at radius 2 is 1.94 bits per heavy atom. The second-order valence-electron chi connectivity index (χ2n) is 4.15. The maximum Gasteiger partial charge on any atom is 0.175 e. The van der Waals surface area contributed by atoms with Crippen LogP contribution >= 0.6 is 0 Å². The lowest BCUT2D eigenvalue weighted by Gasteiger charge is -2.16. The Bertz CT molecular complexity index is 556. The van der Waals surface area contributed by atoms with Gasteiger partial charge in [0.1, 0.15) is 5.82 Å². The van der Waals surface area contributed by atoms with E-state index in [1.165, 1.54) is 12.1 Å². The summed E-state index contributed by atoms with van der Waals surface area (Å²) in [6, 6.07) is 5.57. The van der Waals surface area contributed by atoms with E-state index in [9.17, 15) is 12.8 Å². The van der Waals surface area contributed by atoms with E-state index < -0.39 is 21.1 Å². The molecule has 0 unspecified atom stereocenters. The van der Waals surface area contributed by atoms with Gasteiger partial charge in [-0.2, -0.15) is 5.26 Å². The van der Waals surface area contributed by atoms with Crippen molar-refractivity contribution in [1.29, 1.82) is 5.26 Å². The summed E-state index contributed by atoms with van der Waals surface area (Å²) in [5.41, 5.74) is -0.775. The Morgan fingerprint density at radius 3 is 2.31 bits per heavy atom. The van der Waals surface area contributed by atoms with Crippen molar-refractivity contribution in [3.05, 3.63) is 29.6 Å². The molecule has 1 aromatic rings. The lowest BCUT2D eigenvalue weighted by molar-refractivity contribution is 0.558. The maximum atomic E-state index is 13.6. The van der Waals surface area contributed by atoms with Crippen LogP contribution in [0.25, 0.3) is 0 Å². The quantitative estimate of drug-likeness (QED) is 0.796. The van der Waals surface area contributed by atoms with Gasteiger partial charge in [-0.05, 0) is 26.0 Å². The zero-order valence-electron chi connectivity index (χ0n) is 9.28. The van der Waals surface area contributed by atoms with Crippen LogP contribution in [0.3, 0.4) is 0 Å². The topological polar surface area (TPSA) is 57.9 Å². The number of nitriles is 1. The largest absolute Gasteiger partial charge is 0.224 e. The molecule has 86 valence electrons. The number of sulfone groups is 1. The molecule has 5 heteroatoms. The van der Waals surface area contributed by atoms with Gasteiger partial charge in [0, 0.05) is 11.8 Å². The summed E-state index contributed by atoms with van der Waals surface area (Å²) >= 11 is 0. The smallest absolute Gasteiger partial charge is 0.175 e. The van der Waals surface area contributed by atoms with Gasteiger partial charge < -0.3 is 0 Å². The van der Waals surface area contributed by atoms with E-state index in [2.05, 4.69) is 0 Å². The van der Waals surface area contributed by atoms with Crippen molar-refractivity contribution < 1.29 is 12.8 Å². The molecule has 0 radical (unpaired) electrons. The van der Waals surface area contributed by atoms with Gasteiger partial charge in [-0.25, -0.2) is 12.8 Å². The molecule has 0 heterocycles. The molecule has 0 saturated carbocycles. The lowest BCUT2D eigenvalue weighted by Crippen LogP contribution is -2.16. The Kier molecular flexibility index (Phi) is 3.06. The highest BCUT2D eigenvalue weighted by atomic mass is 32.2. The second kappa shape index (κ2) is 3.87. The molecule has 0 N–H and O–H groups in total. The van der Waals surface area contributed by atoms with Crippen molar-refractivity contribution in [2.24, 2.45) is 0 Å². The van der Waals surface area contributed by atoms with Crippen molar-refractivity contribution in [3.8, 4) is 6.07 Å². The summed E-state index contributed by atoms with van der Waals surface area (Å²) in [6.45, 7) is 3.15. The molecule has 1 aromatic carbocycles. The molecule has 0 fully saturated rings. The first-order chi connectivity index (χ1) is 7.18. The van der Waals surface area contributed by atoms with E-state index in [0.29, 0.717) is 0 Å². The zero-order chi connectivity index (χ0) is 12.6. The minimum Gasteiger partial charge on any atom is -0.224 e. The highest BCUT2D eigenvalue weighted by Crippen LogP contribution is 2.26. The molecule has 0 saturated heterocycles. The van der Waals surface area contributed by atoms with Gasteiger partial charge in [0.2, 0.25) is 0 Å². The van der Waals surface area contributed by atoms with Gasteiger partial charge >= 0.3 is 0 Å².